The van der Waals surface area contributed by atoms with Crippen LogP contribution in [-0.4, -0.2) is 68.4 Å². The highest BCUT2D eigenvalue weighted by atomic mass is 32.1. The van der Waals surface area contributed by atoms with Crippen molar-refractivity contribution in [2.45, 2.75) is 61.6 Å². The van der Waals surface area contributed by atoms with Gasteiger partial charge in [0, 0.05) is 22.4 Å². The van der Waals surface area contributed by atoms with Gasteiger partial charge in [-0.1, -0.05) is 17.3 Å². The zero-order valence-corrected chi connectivity index (χ0v) is 21.9. The van der Waals surface area contributed by atoms with Crippen molar-refractivity contribution in [3.05, 3.63) is 35.9 Å². The van der Waals surface area contributed by atoms with Gasteiger partial charge in [-0.05, 0) is 32.4 Å². The first-order chi connectivity index (χ1) is 18.0. The minimum absolute atomic E-state index is 0.0113. The maximum Gasteiger partial charge on any atom is 0.241 e. The molecule has 2 aliphatic heterocycles. The van der Waals surface area contributed by atoms with Crippen LogP contribution in [0.3, 0.4) is 0 Å². The average molecular weight is 546 g/mol. The van der Waals surface area contributed by atoms with Crippen LogP contribution in [0.2, 0.25) is 0 Å². The first-order valence-electron chi connectivity index (χ1n) is 12.2. The largest absolute Gasteiger partial charge is 0.462 e. The molecule has 2 fully saturated rings. The lowest BCUT2D eigenvalue weighted by atomic mass is 9.95. The topological polar surface area (TPSA) is 124 Å². The number of nitrogens with zero attached hydrogens (tertiary/aromatic N) is 4. The summed E-state index contributed by atoms with van der Waals surface area (Å²) in [4.78, 5) is 8.29. The molecule has 0 amide bonds. The van der Waals surface area contributed by atoms with E-state index >= 15 is 4.39 Å². The Morgan fingerprint density at radius 1 is 1.38 bits per heavy atom. The van der Waals surface area contributed by atoms with Crippen LogP contribution in [0.1, 0.15) is 30.7 Å². The van der Waals surface area contributed by atoms with Crippen molar-refractivity contribution in [3.63, 3.8) is 0 Å². The normalized spacial score (nSPS) is 23.7. The van der Waals surface area contributed by atoms with Crippen LogP contribution in [-0.2, 0) is 13.2 Å². The van der Waals surface area contributed by atoms with Crippen molar-refractivity contribution in [3.8, 4) is 16.6 Å². The predicted molar refractivity (Wildman–Crippen MR) is 141 cm³/mol. The number of aliphatic hydroxyl groups is 1. The standard InChI is InChI=1S/C24H28FN7O3S2/c1-32-13-5-6-17(32)19(25)16(7-13)28-15-4-2-3-14-20(36)22(37-21(14)15)23-29-18(35-31-23)9-26-11-34-24-12(10-33)8-27-30-24/h2-4,8,13,16-17,19,26,28,33,36H,5-7,9-11H2,1H3,(H,27,30)/t13-,16-,17+,19-/m1/s1. The summed E-state index contributed by atoms with van der Waals surface area (Å²) < 4.78 is 27.2. The third kappa shape index (κ3) is 4.59. The summed E-state index contributed by atoms with van der Waals surface area (Å²) in [6.45, 7) is 0.299. The van der Waals surface area contributed by atoms with E-state index in [0.717, 1.165) is 44.8 Å². The highest BCUT2D eigenvalue weighted by Crippen LogP contribution is 2.44. The number of hydrogen-bond donors (Lipinski definition) is 5. The molecule has 10 nitrogen and oxygen atoms in total. The summed E-state index contributed by atoms with van der Waals surface area (Å²) in [5.74, 6) is 1.26. The van der Waals surface area contributed by atoms with Crippen molar-refractivity contribution in [2.24, 2.45) is 0 Å². The minimum Gasteiger partial charge on any atom is -0.462 e. The summed E-state index contributed by atoms with van der Waals surface area (Å²) in [6, 6.07) is 6.17. The number of aromatic amines is 1. The zero-order chi connectivity index (χ0) is 25.5. The number of anilines is 1. The lowest BCUT2D eigenvalue weighted by Gasteiger charge is -2.39. The molecule has 5 heterocycles. The number of aromatic nitrogens is 4. The fourth-order valence-electron chi connectivity index (χ4n) is 5.35. The second kappa shape index (κ2) is 10.2. The van der Waals surface area contributed by atoms with Gasteiger partial charge in [0.15, 0.2) is 0 Å². The molecule has 1 aromatic carbocycles. The summed E-state index contributed by atoms with van der Waals surface area (Å²) in [5.41, 5.74) is 1.48. The van der Waals surface area contributed by atoms with Gasteiger partial charge in [-0.25, -0.2) is 9.49 Å². The first kappa shape index (κ1) is 24.6. The van der Waals surface area contributed by atoms with Crippen LogP contribution in [0, 0.1) is 0 Å². The quantitative estimate of drug-likeness (QED) is 0.122. The Kier molecular flexibility index (Phi) is 6.80. The molecular weight excluding hydrogens is 517 g/mol. The van der Waals surface area contributed by atoms with E-state index in [4.69, 9.17) is 21.9 Å². The van der Waals surface area contributed by atoms with Crippen molar-refractivity contribution in [1.82, 2.24) is 30.6 Å². The molecule has 6 rings (SSSR count). The zero-order valence-electron chi connectivity index (χ0n) is 20.1. The second-order valence-corrected chi connectivity index (χ2v) is 10.9. The van der Waals surface area contributed by atoms with Crippen LogP contribution < -0.4 is 15.4 Å². The van der Waals surface area contributed by atoms with Gasteiger partial charge in [0.05, 0.1) is 46.2 Å². The molecule has 2 bridgehead atoms. The van der Waals surface area contributed by atoms with Crippen LogP contribution in [0.4, 0.5) is 10.1 Å². The van der Waals surface area contributed by atoms with Crippen LogP contribution in [0.15, 0.2) is 33.8 Å². The first-order valence-corrected chi connectivity index (χ1v) is 13.5. The van der Waals surface area contributed by atoms with Crippen molar-refractivity contribution in [1.29, 1.82) is 0 Å². The van der Waals surface area contributed by atoms with E-state index in [2.05, 4.69) is 35.9 Å². The number of benzene rings is 1. The molecule has 0 spiro atoms. The number of alkyl halides is 1. The molecule has 4 aromatic rings. The smallest absolute Gasteiger partial charge is 0.241 e. The predicted octanol–water partition coefficient (Wildman–Crippen LogP) is 3.57. The molecule has 196 valence electrons. The third-order valence-corrected chi connectivity index (χ3v) is 9.17. The van der Waals surface area contributed by atoms with Crippen LogP contribution in [0.25, 0.3) is 20.8 Å². The van der Waals surface area contributed by atoms with E-state index in [9.17, 15) is 5.11 Å². The molecule has 2 saturated heterocycles. The highest BCUT2D eigenvalue weighted by molar-refractivity contribution is 7.81. The SMILES string of the molecule is CN1[C@@H]2CC[C@H]1[C@H](F)[C@H](Nc1cccc3c(S)c(-c4noc(CNCOc5[nH]ncc5CO)n4)sc13)C2. The van der Waals surface area contributed by atoms with E-state index < -0.39 is 6.17 Å². The van der Waals surface area contributed by atoms with E-state index in [1.54, 1.807) is 0 Å². The molecule has 3 aromatic heterocycles. The van der Waals surface area contributed by atoms with Gasteiger partial charge in [-0.3, -0.25) is 10.2 Å². The summed E-state index contributed by atoms with van der Waals surface area (Å²) in [5, 5.41) is 27.5. The Balaban J connectivity index is 1.15. The monoisotopic (exact) mass is 545 g/mol. The number of piperidine rings is 1. The molecular formula is C24H28FN7O3S2. The Labute approximate surface area is 222 Å². The number of H-pyrrole nitrogens is 1. The number of fused-ring (bicyclic) bond motifs is 3. The van der Waals surface area contributed by atoms with E-state index in [0.29, 0.717) is 35.7 Å². The molecule has 0 saturated carbocycles. The Morgan fingerprint density at radius 3 is 3.14 bits per heavy atom. The maximum absolute atomic E-state index is 15.3. The summed E-state index contributed by atoms with van der Waals surface area (Å²) in [7, 11) is 2.04. The highest BCUT2D eigenvalue weighted by Gasteiger charge is 2.46. The Bertz CT molecular complexity index is 1390. The van der Waals surface area contributed by atoms with E-state index in [1.165, 1.54) is 17.5 Å². The fourth-order valence-corrected chi connectivity index (χ4v) is 6.95. The van der Waals surface area contributed by atoms with E-state index in [1.807, 2.05) is 25.2 Å². The number of thiol groups is 1. The third-order valence-electron chi connectivity index (χ3n) is 7.32. The van der Waals surface area contributed by atoms with E-state index in [-0.39, 0.29) is 25.4 Å². The lowest BCUT2D eigenvalue weighted by molar-refractivity contribution is 0.0786. The van der Waals surface area contributed by atoms with Gasteiger partial charge in [0.25, 0.3) is 0 Å². The number of halogens is 1. The molecule has 0 unspecified atom stereocenters. The number of nitrogens with one attached hydrogen (secondary N) is 3. The molecule has 37 heavy (non-hydrogen) atoms. The lowest BCUT2D eigenvalue weighted by Crippen LogP contribution is -2.53. The molecule has 0 aliphatic carbocycles. The number of thiophene rings is 1. The number of aliphatic hydroxyl groups excluding tert-OH is 1. The molecule has 4 N–H and O–H groups in total. The maximum atomic E-state index is 15.3. The van der Waals surface area contributed by atoms with Crippen molar-refractivity contribution < 1.29 is 18.8 Å². The Hall–Kier alpha value is -2.71. The Morgan fingerprint density at radius 2 is 2.27 bits per heavy atom. The number of ether oxygens (including phenoxy) is 1. The van der Waals surface area contributed by atoms with Gasteiger partial charge in [0.1, 0.15) is 12.9 Å². The molecule has 13 heteroatoms. The number of hydrogen-bond acceptors (Lipinski definition) is 11. The fraction of sp³-hybridized carbons (Fsp3) is 0.458. The molecule has 4 atom stereocenters. The summed E-state index contributed by atoms with van der Waals surface area (Å²) in [6.07, 6.45) is 3.37. The molecule has 2 aliphatic rings. The molecule has 0 radical (unpaired) electrons. The van der Waals surface area contributed by atoms with Crippen molar-refractivity contribution >= 4 is 39.7 Å². The van der Waals surface area contributed by atoms with Gasteiger partial charge < -0.3 is 19.7 Å². The van der Waals surface area contributed by atoms with Crippen molar-refractivity contribution in [2.75, 3.05) is 19.1 Å². The number of rotatable bonds is 9. The van der Waals surface area contributed by atoms with Crippen LogP contribution in [0.5, 0.6) is 5.88 Å². The van der Waals surface area contributed by atoms with Gasteiger partial charge >= 0.3 is 0 Å². The average Bonchev–Trinajstić information content (AvgIpc) is 3.67. The van der Waals surface area contributed by atoms with Gasteiger partial charge in [-0.2, -0.15) is 10.1 Å². The van der Waals surface area contributed by atoms with Gasteiger partial charge in [-0.15, -0.1) is 24.0 Å². The summed E-state index contributed by atoms with van der Waals surface area (Å²) >= 11 is 6.29. The second-order valence-electron chi connectivity index (χ2n) is 9.47. The van der Waals surface area contributed by atoms with Gasteiger partial charge in [0.2, 0.25) is 17.6 Å². The van der Waals surface area contributed by atoms with Crippen LogP contribution >= 0.6 is 24.0 Å². The minimum atomic E-state index is -0.909.